The van der Waals surface area contributed by atoms with E-state index in [9.17, 15) is 22.4 Å². The number of hydrogen-bond acceptors (Lipinski definition) is 3. The van der Waals surface area contributed by atoms with Crippen LogP contribution in [0.15, 0.2) is 63.7 Å². The molecule has 1 aliphatic carbocycles. The predicted octanol–water partition coefficient (Wildman–Crippen LogP) is 7.67. The molecule has 1 fully saturated rings. The Hall–Kier alpha value is -2.77. The molecule has 1 aromatic heterocycles. The fraction of sp³-hybridized carbons (Fsp3) is 0.296. The van der Waals surface area contributed by atoms with E-state index in [-0.39, 0.29) is 17.2 Å². The maximum Gasteiger partial charge on any atom is 0.313 e. The van der Waals surface area contributed by atoms with E-state index in [0.717, 1.165) is 5.56 Å². The molecule has 0 radical (unpaired) electrons. The highest BCUT2D eigenvalue weighted by atomic mass is 35.5. The third kappa shape index (κ3) is 4.78. The van der Waals surface area contributed by atoms with Crippen LogP contribution in [-0.2, 0) is 29.0 Å². The van der Waals surface area contributed by atoms with Crippen molar-refractivity contribution < 1.29 is 31.5 Å². The van der Waals surface area contributed by atoms with Gasteiger partial charge in [-0.3, -0.25) is 4.79 Å². The fourth-order valence-corrected chi connectivity index (χ4v) is 5.15. The van der Waals surface area contributed by atoms with Gasteiger partial charge in [0.25, 0.3) is 0 Å². The van der Waals surface area contributed by atoms with Crippen LogP contribution in [0.3, 0.4) is 0 Å². The molecule has 4 rings (SSSR count). The minimum absolute atomic E-state index is 0.121. The first kappa shape index (κ1) is 26.3. The summed E-state index contributed by atoms with van der Waals surface area (Å²) in [5, 5.41) is 0. The van der Waals surface area contributed by atoms with Gasteiger partial charge in [-0.2, -0.15) is 0 Å². The Bertz CT molecular complexity index is 1290. The molecule has 3 aromatic rings. The molecule has 1 saturated carbocycles. The average molecular weight is 541 g/mol. The van der Waals surface area contributed by atoms with E-state index < -0.39 is 58.0 Å². The number of rotatable bonds is 8. The second-order valence-corrected chi connectivity index (χ2v) is 10.4. The van der Waals surface area contributed by atoms with Crippen molar-refractivity contribution in [3.05, 3.63) is 105 Å². The Morgan fingerprint density at radius 2 is 1.67 bits per heavy atom. The second-order valence-electron chi connectivity index (χ2n) is 9.41. The van der Waals surface area contributed by atoms with Gasteiger partial charge in [-0.15, -0.1) is 0 Å². The van der Waals surface area contributed by atoms with Gasteiger partial charge in [-0.25, -0.2) is 17.6 Å². The number of allylic oxidation sites excluding steroid dienone is 1. The second kappa shape index (κ2) is 9.94. The van der Waals surface area contributed by atoms with E-state index in [2.05, 4.69) is 0 Å². The zero-order valence-corrected chi connectivity index (χ0v) is 20.9. The summed E-state index contributed by atoms with van der Waals surface area (Å²) >= 11 is 11.6. The highest BCUT2D eigenvalue weighted by Gasteiger charge is 2.75. The summed E-state index contributed by atoms with van der Waals surface area (Å²) in [4.78, 5) is 13.4. The zero-order valence-electron chi connectivity index (χ0n) is 19.4. The molecule has 2 aromatic carbocycles. The Balaban J connectivity index is 1.58. The molecular weight excluding hydrogens is 519 g/mol. The quantitative estimate of drug-likeness (QED) is 0.167. The predicted molar refractivity (Wildman–Crippen MR) is 127 cm³/mol. The van der Waals surface area contributed by atoms with E-state index in [1.807, 2.05) is 30.3 Å². The van der Waals surface area contributed by atoms with Crippen LogP contribution in [0.25, 0.3) is 0 Å². The SMILES string of the molecule is CC1(C)[C@@H](C=C(Cl)Cl)[C@@]1(Cc1c(F)c(F)cc(F)c1F)C(=O)OCc1coc(Cc2ccccc2)c1. The molecule has 0 saturated heterocycles. The van der Waals surface area contributed by atoms with Crippen LogP contribution >= 0.6 is 23.2 Å². The first-order valence-corrected chi connectivity index (χ1v) is 11.8. The van der Waals surface area contributed by atoms with Crippen molar-refractivity contribution in [1.82, 2.24) is 0 Å². The summed E-state index contributed by atoms with van der Waals surface area (Å²) in [5.74, 6) is -7.10. The highest BCUT2D eigenvalue weighted by molar-refractivity contribution is 6.55. The third-order valence-electron chi connectivity index (χ3n) is 6.99. The average Bonchev–Trinajstić information content (AvgIpc) is 3.10. The van der Waals surface area contributed by atoms with Gasteiger partial charge < -0.3 is 9.15 Å². The van der Waals surface area contributed by atoms with Crippen LogP contribution in [0.5, 0.6) is 0 Å². The smallest absolute Gasteiger partial charge is 0.313 e. The third-order valence-corrected chi connectivity index (χ3v) is 7.24. The standard InChI is InChI=1S/C27H22Cl2F4O3/c1-26(2)21(11-22(28)29)27(26,12-18-23(32)19(30)10-20(31)24(18)33)25(34)36-14-16-9-17(35-13-16)8-15-6-4-3-5-7-15/h3-7,9-11,13,21H,8,12,14H2,1-2H3/t21-,27+/m1/s1. The van der Waals surface area contributed by atoms with Gasteiger partial charge in [0.2, 0.25) is 0 Å². The van der Waals surface area contributed by atoms with Crippen molar-refractivity contribution in [2.75, 3.05) is 0 Å². The van der Waals surface area contributed by atoms with Crippen molar-refractivity contribution in [2.24, 2.45) is 16.7 Å². The molecule has 1 aliphatic rings. The van der Waals surface area contributed by atoms with Crippen LogP contribution in [0.1, 0.15) is 36.3 Å². The molecule has 0 spiro atoms. The zero-order chi connectivity index (χ0) is 26.3. The summed E-state index contributed by atoms with van der Waals surface area (Å²) in [6.07, 6.45) is 2.70. The molecular formula is C27H22Cl2F4O3. The van der Waals surface area contributed by atoms with Gasteiger partial charge in [0.05, 0.1) is 11.7 Å². The van der Waals surface area contributed by atoms with E-state index in [0.29, 0.717) is 17.7 Å². The number of ether oxygens (including phenoxy) is 1. The van der Waals surface area contributed by atoms with Crippen LogP contribution in [-0.4, -0.2) is 5.97 Å². The lowest BCUT2D eigenvalue weighted by Crippen LogP contribution is -2.28. The number of carbonyl (C=O) groups is 1. The van der Waals surface area contributed by atoms with Crippen molar-refractivity contribution in [3.63, 3.8) is 0 Å². The lowest BCUT2D eigenvalue weighted by Gasteiger charge is -2.20. The Kier molecular flexibility index (Phi) is 7.26. The van der Waals surface area contributed by atoms with Crippen LogP contribution in [0, 0.1) is 40.0 Å². The van der Waals surface area contributed by atoms with E-state index in [1.54, 1.807) is 19.9 Å². The summed E-state index contributed by atoms with van der Waals surface area (Å²) in [6, 6.07) is 11.5. The molecule has 1 heterocycles. The molecule has 36 heavy (non-hydrogen) atoms. The van der Waals surface area contributed by atoms with Gasteiger partial charge >= 0.3 is 5.97 Å². The maximum atomic E-state index is 14.5. The molecule has 0 N–H and O–H groups in total. The van der Waals surface area contributed by atoms with Gasteiger partial charge in [0.15, 0.2) is 23.3 Å². The van der Waals surface area contributed by atoms with Crippen molar-refractivity contribution in [1.29, 1.82) is 0 Å². The molecule has 0 amide bonds. The lowest BCUT2D eigenvalue weighted by molar-refractivity contribution is -0.153. The normalized spacial score (nSPS) is 20.2. The number of halogens is 6. The Morgan fingerprint density at radius 1 is 1.03 bits per heavy atom. The van der Waals surface area contributed by atoms with Crippen LogP contribution in [0.2, 0.25) is 0 Å². The Morgan fingerprint density at radius 3 is 2.28 bits per heavy atom. The largest absolute Gasteiger partial charge is 0.469 e. The molecule has 0 aliphatic heterocycles. The van der Waals surface area contributed by atoms with Gasteiger partial charge in [0.1, 0.15) is 16.9 Å². The van der Waals surface area contributed by atoms with Crippen molar-refractivity contribution in [3.8, 4) is 0 Å². The van der Waals surface area contributed by atoms with Crippen LogP contribution in [0.4, 0.5) is 17.6 Å². The molecule has 0 unspecified atom stereocenters. The van der Waals surface area contributed by atoms with Crippen molar-refractivity contribution >= 4 is 29.2 Å². The summed E-state index contributed by atoms with van der Waals surface area (Å²) in [6.45, 7) is 3.14. The van der Waals surface area contributed by atoms with Gasteiger partial charge in [-0.1, -0.05) is 67.4 Å². The minimum Gasteiger partial charge on any atom is -0.469 e. The molecule has 3 nitrogen and oxygen atoms in total. The van der Waals surface area contributed by atoms with E-state index >= 15 is 0 Å². The first-order valence-electron chi connectivity index (χ1n) is 11.1. The van der Waals surface area contributed by atoms with Gasteiger partial charge in [0, 0.05) is 29.5 Å². The maximum absolute atomic E-state index is 14.5. The Labute approximate surface area is 215 Å². The summed E-state index contributed by atoms with van der Waals surface area (Å²) in [5.41, 5.74) is -1.78. The molecule has 190 valence electrons. The molecule has 2 atom stereocenters. The summed E-state index contributed by atoms with van der Waals surface area (Å²) < 4.78 is 67.7. The first-order chi connectivity index (χ1) is 17.0. The number of furan rings is 1. The minimum atomic E-state index is -1.57. The number of benzene rings is 2. The molecule has 9 heteroatoms. The van der Waals surface area contributed by atoms with Gasteiger partial charge in [-0.05, 0) is 29.5 Å². The molecule has 0 bridgehead atoms. The van der Waals surface area contributed by atoms with Crippen LogP contribution < -0.4 is 0 Å². The number of esters is 1. The lowest BCUT2D eigenvalue weighted by atomic mass is 9.87. The van der Waals surface area contributed by atoms with Crippen molar-refractivity contribution in [2.45, 2.75) is 33.3 Å². The highest BCUT2D eigenvalue weighted by Crippen LogP contribution is 2.72. The monoisotopic (exact) mass is 540 g/mol. The number of hydrogen-bond donors (Lipinski definition) is 0. The van der Waals surface area contributed by atoms with E-state index in [4.69, 9.17) is 32.4 Å². The van der Waals surface area contributed by atoms with E-state index in [1.165, 1.54) is 12.3 Å². The summed E-state index contributed by atoms with van der Waals surface area (Å²) in [7, 11) is 0. The topological polar surface area (TPSA) is 39.4 Å². The fourth-order valence-electron chi connectivity index (χ4n) is 4.90. The number of carbonyl (C=O) groups excluding carboxylic acids is 1.